The summed E-state index contributed by atoms with van der Waals surface area (Å²) in [7, 11) is 0. The third-order valence-corrected chi connectivity index (χ3v) is 1.59. The van der Waals surface area contributed by atoms with Crippen LogP contribution in [-0.2, 0) is 6.42 Å². The minimum absolute atomic E-state index is 0.109. The van der Waals surface area contributed by atoms with Gasteiger partial charge < -0.3 is 0 Å². The average molecular weight is 148 g/mol. The molecule has 0 bridgehead atoms. The summed E-state index contributed by atoms with van der Waals surface area (Å²) in [6, 6.07) is 10.2. The highest BCUT2D eigenvalue weighted by molar-refractivity contribution is 5.15. The van der Waals surface area contributed by atoms with E-state index in [4.69, 9.17) is 5.53 Å². The van der Waals surface area contributed by atoms with Crippen LogP contribution >= 0.6 is 0 Å². The lowest BCUT2D eigenvalue weighted by Crippen LogP contribution is -2.00. The zero-order valence-corrected chi connectivity index (χ0v) is 6.62. The third-order valence-electron chi connectivity index (χ3n) is 1.59. The molecule has 1 rings (SSSR count). The van der Waals surface area contributed by atoms with E-state index in [1.165, 1.54) is 5.56 Å². The zero-order valence-electron chi connectivity index (χ0n) is 6.62. The highest BCUT2D eigenvalue weighted by atomic mass is 15.0. The zero-order chi connectivity index (χ0) is 8.10. The maximum atomic E-state index is 6.78. The van der Waals surface area contributed by atoms with Crippen molar-refractivity contribution in [2.24, 2.45) is 5.11 Å². The van der Waals surface area contributed by atoms with Crippen molar-refractivity contribution in [3.05, 3.63) is 35.9 Å². The van der Waals surface area contributed by atoms with Crippen molar-refractivity contribution in [3.8, 4) is 0 Å². The summed E-state index contributed by atoms with van der Waals surface area (Å²) in [5.74, 6) is 0. The molecule has 1 aromatic rings. The maximum absolute atomic E-state index is 6.78. The van der Waals surface area contributed by atoms with Gasteiger partial charge in [-0.25, -0.2) is 5.53 Å². The fraction of sp³-hybridized carbons (Fsp3) is 0.333. The minimum Gasteiger partial charge on any atom is -0.210 e. The SMILES string of the molecule is CC(Cc1ccccc1)N=N. The first-order valence-electron chi connectivity index (χ1n) is 3.73. The molecule has 0 saturated carbocycles. The van der Waals surface area contributed by atoms with Gasteiger partial charge in [-0.1, -0.05) is 30.3 Å². The first-order valence-corrected chi connectivity index (χ1v) is 3.73. The van der Waals surface area contributed by atoms with Crippen LogP contribution in [0, 0.1) is 5.53 Å². The first kappa shape index (κ1) is 7.92. The van der Waals surface area contributed by atoms with Crippen LogP contribution in [0.15, 0.2) is 35.4 Å². The molecular formula is C9H12N2. The average Bonchev–Trinajstić information content (AvgIpc) is 2.06. The van der Waals surface area contributed by atoms with E-state index in [9.17, 15) is 0 Å². The molecule has 0 spiro atoms. The van der Waals surface area contributed by atoms with Crippen LogP contribution in [-0.4, -0.2) is 6.04 Å². The second-order valence-electron chi connectivity index (χ2n) is 2.67. The van der Waals surface area contributed by atoms with Crippen LogP contribution in [0.5, 0.6) is 0 Å². The van der Waals surface area contributed by atoms with Crippen molar-refractivity contribution < 1.29 is 0 Å². The fourth-order valence-corrected chi connectivity index (χ4v) is 1.00. The van der Waals surface area contributed by atoms with E-state index in [1.807, 2.05) is 25.1 Å². The molecule has 0 saturated heterocycles. The van der Waals surface area contributed by atoms with E-state index in [0.717, 1.165) is 6.42 Å². The van der Waals surface area contributed by atoms with Crippen LogP contribution in [0.25, 0.3) is 0 Å². The smallest absolute Gasteiger partial charge is 0.0717 e. The molecule has 1 atom stereocenters. The molecule has 58 valence electrons. The number of rotatable bonds is 3. The Morgan fingerprint density at radius 1 is 1.36 bits per heavy atom. The third kappa shape index (κ3) is 2.50. The summed E-state index contributed by atoms with van der Waals surface area (Å²) in [5.41, 5.74) is 8.03. The van der Waals surface area contributed by atoms with Gasteiger partial charge in [-0.15, -0.1) is 0 Å². The Bertz CT molecular complexity index is 218. The van der Waals surface area contributed by atoms with E-state index in [1.54, 1.807) is 0 Å². The van der Waals surface area contributed by atoms with Gasteiger partial charge in [0.1, 0.15) is 0 Å². The number of nitrogens with zero attached hydrogens (tertiary/aromatic N) is 1. The van der Waals surface area contributed by atoms with Crippen molar-refractivity contribution in [3.63, 3.8) is 0 Å². The van der Waals surface area contributed by atoms with E-state index < -0.39 is 0 Å². The van der Waals surface area contributed by atoms with Gasteiger partial charge in [-0.2, -0.15) is 5.11 Å². The van der Waals surface area contributed by atoms with Gasteiger partial charge in [-0.05, 0) is 18.9 Å². The molecule has 0 radical (unpaired) electrons. The molecule has 0 heterocycles. The predicted molar refractivity (Wildman–Crippen MR) is 44.8 cm³/mol. The Hall–Kier alpha value is -1.18. The molecule has 2 heteroatoms. The molecule has 11 heavy (non-hydrogen) atoms. The second-order valence-corrected chi connectivity index (χ2v) is 2.67. The van der Waals surface area contributed by atoms with Gasteiger partial charge in [-0.3, -0.25) is 0 Å². The van der Waals surface area contributed by atoms with Crippen LogP contribution in [0.4, 0.5) is 0 Å². The normalized spacial score (nSPS) is 12.5. The summed E-state index contributed by atoms with van der Waals surface area (Å²) < 4.78 is 0. The highest BCUT2D eigenvalue weighted by Crippen LogP contribution is 2.04. The fourth-order valence-electron chi connectivity index (χ4n) is 1.00. The lowest BCUT2D eigenvalue weighted by atomic mass is 10.1. The monoisotopic (exact) mass is 148 g/mol. The van der Waals surface area contributed by atoms with Crippen LogP contribution in [0.1, 0.15) is 12.5 Å². The van der Waals surface area contributed by atoms with E-state index in [0.29, 0.717) is 0 Å². The number of hydrogen-bond donors (Lipinski definition) is 1. The van der Waals surface area contributed by atoms with Gasteiger partial charge in [0, 0.05) is 0 Å². The second kappa shape index (κ2) is 3.86. The van der Waals surface area contributed by atoms with Crippen molar-refractivity contribution in [2.45, 2.75) is 19.4 Å². The quantitative estimate of drug-likeness (QED) is 0.640. The van der Waals surface area contributed by atoms with Crippen molar-refractivity contribution in [1.29, 1.82) is 5.53 Å². The van der Waals surface area contributed by atoms with E-state index in [-0.39, 0.29) is 6.04 Å². The van der Waals surface area contributed by atoms with Crippen LogP contribution in [0.2, 0.25) is 0 Å². The Morgan fingerprint density at radius 2 is 2.00 bits per heavy atom. The molecule has 0 aliphatic carbocycles. The number of benzene rings is 1. The Kier molecular flexibility index (Phi) is 2.78. The summed E-state index contributed by atoms with van der Waals surface area (Å²) in [5, 5.41) is 3.43. The Balaban J connectivity index is 2.57. The lowest BCUT2D eigenvalue weighted by Gasteiger charge is -2.02. The largest absolute Gasteiger partial charge is 0.210 e. The standard InChI is InChI=1S/C9H12N2/c1-8(11-10)7-9-5-3-2-4-6-9/h2-6,8,10H,7H2,1H3. The molecule has 0 amide bonds. The summed E-state index contributed by atoms with van der Waals surface area (Å²) in [6.45, 7) is 1.94. The molecule has 0 aliphatic rings. The molecule has 2 nitrogen and oxygen atoms in total. The lowest BCUT2D eigenvalue weighted by molar-refractivity contribution is 0.678. The molecule has 0 aliphatic heterocycles. The van der Waals surface area contributed by atoms with Gasteiger partial charge in [0.15, 0.2) is 0 Å². The van der Waals surface area contributed by atoms with Gasteiger partial charge in [0.2, 0.25) is 0 Å². The van der Waals surface area contributed by atoms with Gasteiger partial charge in [0.05, 0.1) is 6.04 Å². The molecule has 1 N–H and O–H groups in total. The van der Waals surface area contributed by atoms with E-state index >= 15 is 0 Å². The van der Waals surface area contributed by atoms with Crippen molar-refractivity contribution in [2.75, 3.05) is 0 Å². The van der Waals surface area contributed by atoms with Crippen molar-refractivity contribution in [1.82, 2.24) is 0 Å². The Morgan fingerprint density at radius 3 is 2.55 bits per heavy atom. The highest BCUT2D eigenvalue weighted by Gasteiger charge is 1.98. The summed E-state index contributed by atoms with van der Waals surface area (Å²) >= 11 is 0. The first-order chi connectivity index (χ1) is 5.33. The maximum Gasteiger partial charge on any atom is 0.0717 e. The predicted octanol–water partition coefficient (Wildman–Crippen LogP) is 2.65. The molecule has 0 fully saturated rings. The topological polar surface area (TPSA) is 36.2 Å². The summed E-state index contributed by atoms with van der Waals surface area (Å²) in [4.78, 5) is 0. The van der Waals surface area contributed by atoms with Crippen LogP contribution < -0.4 is 0 Å². The molecule has 0 aromatic heterocycles. The Labute approximate surface area is 66.8 Å². The van der Waals surface area contributed by atoms with Crippen molar-refractivity contribution >= 4 is 0 Å². The number of nitrogens with one attached hydrogen (secondary N) is 1. The van der Waals surface area contributed by atoms with Gasteiger partial charge in [0.25, 0.3) is 0 Å². The van der Waals surface area contributed by atoms with E-state index in [2.05, 4.69) is 17.2 Å². The number of hydrogen-bond acceptors (Lipinski definition) is 2. The molecule has 1 unspecified atom stereocenters. The molecule has 1 aromatic carbocycles. The minimum atomic E-state index is 0.109. The molecular weight excluding hydrogens is 136 g/mol. The van der Waals surface area contributed by atoms with Gasteiger partial charge >= 0.3 is 0 Å². The summed E-state index contributed by atoms with van der Waals surface area (Å²) in [6.07, 6.45) is 0.865. The van der Waals surface area contributed by atoms with Crippen LogP contribution in [0.3, 0.4) is 0 Å².